The van der Waals surface area contributed by atoms with E-state index in [0.29, 0.717) is 17.9 Å². The fourth-order valence-corrected chi connectivity index (χ4v) is 2.29. The van der Waals surface area contributed by atoms with Crippen LogP contribution >= 0.6 is 15.9 Å². The van der Waals surface area contributed by atoms with Gasteiger partial charge in [0.1, 0.15) is 6.10 Å². The van der Waals surface area contributed by atoms with Gasteiger partial charge >= 0.3 is 0 Å². The van der Waals surface area contributed by atoms with Gasteiger partial charge in [-0.1, -0.05) is 0 Å². The Morgan fingerprint density at radius 1 is 1.60 bits per heavy atom. The third-order valence-corrected chi connectivity index (χ3v) is 3.32. The van der Waals surface area contributed by atoms with Crippen LogP contribution < -0.4 is 10.5 Å². The van der Waals surface area contributed by atoms with E-state index < -0.39 is 0 Å². The van der Waals surface area contributed by atoms with E-state index in [9.17, 15) is 0 Å². The van der Waals surface area contributed by atoms with Crippen LogP contribution in [0, 0.1) is 12.8 Å². The third kappa shape index (κ3) is 2.49. The van der Waals surface area contributed by atoms with Crippen LogP contribution in [0.2, 0.25) is 0 Å². The molecule has 1 heterocycles. The Hall–Kier alpha value is -0.610. The molecule has 1 aromatic heterocycles. The fourth-order valence-electron chi connectivity index (χ4n) is 1.73. The normalized spacial score (nSPS) is 24.7. The van der Waals surface area contributed by atoms with E-state index in [1.54, 1.807) is 0 Å². The predicted octanol–water partition coefficient (Wildman–Crippen LogP) is 2.27. The highest BCUT2D eigenvalue weighted by Crippen LogP contribution is 2.32. The number of hydrogen-bond acceptors (Lipinski definition) is 3. The highest BCUT2D eigenvalue weighted by molar-refractivity contribution is 9.10. The van der Waals surface area contributed by atoms with E-state index in [2.05, 4.69) is 20.9 Å². The molecular weight excluding hydrogens is 256 g/mol. The van der Waals surface area contributed by atoms with Crippen molar-refractivity contribution in [2.75, 3.05) is 6.54 Å². The van der Waals surface area contributed by atoms with Gasteiger partial charge in [-0.15, -0.1) is 0 Å². The molecule has 2 rings (SSSR count). The van der Waals surface area contributed by atoms with Crippen LogP contribution in [-0.4, -0.2) is 17.6 Å². The van der Waals surface area contributed by atoms with E-state index in [1.165, 1.54) is 0 Å². The van der Waals surface area contributed by atoms with E-state index in [4.69, 9.17) is 10.5 Å². The van der Waals surface area contributed by atoms with E-state index in [1.807, 2.05) is 19.2 Å². The molecule has 0 bridgehead atoms. The molecule has 1 aliphatic carbocycles. The van der Waals surface area contributed by atoms with Gasteiger partial charge < -0.3 is 10.5 Å². The van der Waals surface area contributed by atoms with Gasteiger partial charge in [0.25, 0.3) is 0 Å². The van der Waals surface area contributed by atoms with Crippen molar-refractivity contribution in [2.45, 2.75) is 25.9 Å². The summed E-state index contributed by atoms with van der Waals surface area (Å²) < 4.78 is 6.68. The Balaban J connectivity index is 1.94. The Kier molecular flexibility index (Phi) is 3.26. The first-order valence-electron chi connectivity index (χ1n) is 5.18. The van der Waals surface area contributed by atoms with Crippen LogP contribution in [0.1, 0.15) is 18.4 Å². The molecule has 1 saturated carbocycles. The molecule has 0 aliphatic heterocycles. The minimum Gasteiger partial charge on any atom is -0.474 e. The Bertz CT molecular complexity index is 350. The van der Waals surface area contributed by atoms with E-state index in [0.717, 1.165) is 29.4 Å². The maximum Gasteiger partial charge on any atom is 0.228 e. The fraction of sp³-hybridized carbons (Fsp3) is 0.545. The highest BCUT2D eigenvalue weighted by Gasteiger charge is 2.30. The van der Waals surface area contributed by atoms with Crippen LogP contribution in [0.15, 0.2) is 16.7 Å². The van der Waals surface area contributed by atoms with Crippen molar-refractivity contribution in [3.8, 4) is 5.88 Å². The Morgan fingerprint density at radius 3 is 2.93 bits per heavy atom. The quantitative estimate of drug-likeness (QED) is 0.917. The lowest BCUT2D eigenvalue weighted by atomic mass is 9.82. The molecular formula is C11H15BrN2O. The van der Waals surface area contributed by atoms with Crippen molar-refractivity contribution < 1.29 is 4.74 Å². The summed E-state index contributed by atoms with van der Waals surface area (Å²) in [5, 5.41) is 0. The average molecular weight is 271 g/mol. The minimum atomic E-state index is 0.296. The van der Waals surface area contributed by atoms with Gasteiger partial charge in [0.2, 0.25) is 5.88 Å². The molecule has 82 valence electrons. The summed E-state index contributed by atoms with van der Waals surface area (Å²) in [6, 6.07) is 2.02. The summed E-state index contributed by atoms with van der Waals surface area (Å²) in [7, 11) is 0. The van der Waals surface area contributed by atoms with Crippen molar-refractivity contribution in [3.05, 3.63) is 22.3 Å². The molecule has 2 N–H and O–H groups in total. The molecule has 0 saturated heterocycles. The molecule has 15 heavy (non-hydrogen) atoms. The standard InChI is InChI=1S/C11H15BrN2O/c1-7-2-10(12)11(14-6-7)15-9-3-8(4-9)5-13/h2,6,8-9H,3-5,13H2,1H3. The monoisotopic (exact) mass is 270 g/mol. The van der Waals surface area contributed by atoms with Crippen molar-refractivity contribution >= 4 is 15.9 Å². The molecule has 0 radical (unpaired) electrons. The molecule has 0 aromatic carbocycles. The predicted molar refractivity (Wildman–Crippen MR) is 62.9 cm³/mol. The van der Waals surface area contributed by atoms with Gasteiger partial charge in [0.05, 0.1) is 4.47 Å². The molecule has 0 spiro atoms. The Labute approximate surface area is 98.2 Å². The maximum atomic E-state index is 5.75. The second kappa shape index (κ2) is 4.49. The topological polar surface area (TPSA) is 48.1 Å². The zero-order valence-corrected chi connectivity index (χ0v) is 10.3. The number of aromatic nitrogens is 1. The lowest BCUT2D eigenvalue weighted by molar-refractivity contribution is 0.0641. The van der Waals surface area contributed by atoms with Crippen molar-refractivity contribution in [1.29, 1.82) is 0 Å². The average Bonchev–Trinajstić information content (AvgIpc) is 2.13. The molecule has 4 heteroatoms. The Morgan fingerprint density at radius 2 is 2.33 bits per heavy atom. The van der Waals surface area contributed by atoms with Crippen LogP contribution in [0.3, 0.4) is 0 Å². The van der Waals surface area contributed by atoms with Crippen LogP contribution in [0.4, 0.5) is 0 Å². The lowest BCUT2D eigenvalue weighted by Crippen LogP contribution is -2.38. The number of nitrogens with two attached hydrogens (primary N) is 1. The summed E-state index contributed by atoms with van der Waals surface area (Å²) in [5.41, 5.74) is 6.69. The maximum absolute atomic E-state index is 5.75. The summed E-state index contributed by atoms with van der Waals surface area (Å²) in [5.74, 6) is 1.33. The molecule has 0 atom stereocenters. The molecule has 1 aliphatic rings. The molecule has 1 fully saturated rings. The first-order valence-corrected chi connectivity index (χ1v) is 5.97. The van der Waals surface area contributed by atoms with Crippen molar-refractivity contribution in [2.24, 2.45) is 11.7 Å². The number of hydrogen-bond donors (Lipinski definition) is 1. The SMILES string of the molecule is Cc1cnc(OC2CC(CN)C2)c(Br)c1. The van der Waals surface area contributed by atoms with Crippen LogP contribution in [0.5, 0.6) is 5.88 Å². The number of rotatable bonds is 3. The largest absolute Gasteiger partial charge is 0.474 e. The first-order chi connectivity index (χ1) is 7.19. The van der Waals surface area contributed by atoms with Gasteiger partial charge in [-0.05, 0) is 59.8 Å². The van der Waals surface area contributed by atoms with Gasteiger partial charge in [0.15, 0.2) is 0 Å². The van der Waals surface area contributed by atoms with Gasteiger partial charge in [-0.25, -0.2) is 4.98 Å². The third-order valence-electron chi connectivity index (χ3n) is 2.75. The highest BCUT2D eigenvalue weighted by atomic mass is 79.9. The lowest BCUT2D eigenvalue weighted by Gasteiger charge is -2.34. The number of pyridine rings is 1. The smallest absolute Gasteiger partial charge is 0.228 e. The summed E-state index contributed by atoms with van der Waals surface area (Å²) >= 11 is 3.45. The summed E-state index contributed by atoms with van der Waals surface area (Å²) in [4.78, 5) is 4.25. The van der Waals surface area contributed by atoms with Gasteiger partial charge in [-0.3, -0.25) is 0 Å². The van der Waals surface area contributed by atoms with E-state index in [-0.39, 0.29) is 0 Å². The zero-order chi connectivity index (χ0) is 10.8. The second-order valence-electron chi connectivity index (χ2n) is 4.11. The van der Waals surface area contributed by atoms with Crippen molar-refractivity contribution in [3.63, 3.8) is 0 Å². The molecule has 3 nitrogen and oxygen atoms in total. The molecule has 0 unspecified atom stereocenters. The van der Waals surface area contributed by atoms with Crippen molar-refractivity contribution in [1.82, 2.24) is 4.98 Å². The summed E-state index contributed by atoms with van der Waals surface area (Å²) in [6.07, 6.45) is 4.22. The summed E-state index contributed by atoms with van der Waals surface area (Å²) in [6.45, 7) is 2.78. The molecule has 1 aromatic rings. The van der Waals surface area contributed by atoms with E-state index >= 15 is 0 Å². The first kappa shape index (κ1) is 10.9. The number of halogens is 1. The second-order valence-corrected chi connectivity index (χ2v) is 4.97. The minimum absolute atomic E-state index is 0.296. The van der Waals surface area contributed by atoms with Crippen LogP contribution in [-0.2, 0) is 0 Å². The van der Waals surface area contributed by atoms with Gasteiger partial charge in [0, 0.05) is 6.20 Å². The van der Waals surface area contributed by atoms with Crippen LogP contribution in [0.25, 0.3) is 0 Å². The number of nitrogens with zero attached hydrogens (tertiary/aromatic N) is 1. The number of aryl methyl sites for hydroxylation is 1. The molecule has 0 amide bonds. The van der Waals surface area contributed by atoms with Gasteiger partial charge in [-0.2, -0.15) is 0 Å². The zero-order valence-electron chi connectivity index (χ0n) is 8.74. The number of ether oxygens (including phenoxy) is 1.